The molecular formula is C27H34FN5O3. The Labute approximate surface area is 210 Å². The van der Waals surface area contributed by atoms with Crippen LogP contribution in [-0.4, -0.2) is 46.6 Å². The number of nitrogens with zero attached hydrogens (tertiary/aromatic N) is 2. The molecule has 8 nitrogen and oxygen atoms in total. The molecule has 1 aromatic carbocycles. The van der Waals surface area contributed by atoms with E-state index in [1.807, 2.05) is 37.3 Å². The quantitative estimate of drug-likeness (QED) is 0.384. The number of nitrogens with one attached hydrogen (secondary N) is 2. The summed E-state index contributed by atoms with van der Waals surface area (Å²) >= 11 is 0. The topological polar surface area (TPSA) is 112 Å². The first-order valence-electron chi connectivity index (χ1n) is 12.2. The zero-order valence-electron chi connectivity index (χ0n) is 21.0. The Balaban J connectivity index is 1.82. The molecule has 1 fully saturated rings. The number of halogens is 1. The lowest BCUT2D eigenvalue weighted by atomic mass is 10.0. The molecule has 1 aromatic heterocycles. The number of hydrogen-bond acceptors (Lipinski definition) is 5. The number of H-pyrrole nitrogens is 1. The highest BCUT2D eigenvalue weighted by atomic mass is 19.1. The minimum atomic E-state index is -0.763. The van der Waals surface area contributed by atoms with Gasteiger partial charge in [-0.15, -0.1) is 0 Å². The second kappa shape index (κ2) is 12.2. The fourth-order valence-electron chi connectivity index (χ4n) is 4.51. The van der Waals surface area contributed by atoms with Crippen LogP contribution in [0, 0.1) is 0 Å². The normalized spacial score (nSPS) is 16.1. The minimum absolute atomic E-state index is 0.00132. The Kier molecular flexibility index (Phi) is 9.05. The Morgan fingerprint density at radius 2 is 1.83 bits per heavy atom. The summed E-state index contributed by atoms with van der Waals surface area (Å²) in [6, 6.07) is 9.40. The number of amides is 2. The maximum atomic E-state index is 14.9. The molecule has 36 heavy (non-hydrogen) atoms. The predicted molar refractivity (Wildman–Crippen MR) is 139 cm³/mol. The molecule has 1 aliphatic heterocycles. The number of Topliss-reactive ketones (excluding diaryl/α,β-unsaturated/α-hetero) is 1. The van der Waals surface area contributed by atoms with Gasteiger partial charge in [-0.2, -0.15) is 0 Å². The first-order chi connectivity index (χ1) is 17.3. The van der Waals surface area contributed by atoms with Crippen LogP contribution in [0.4, 0.5) is 10.1 Å². The summed E-state index contributed by atoms with van der Waals surface area (Å²) in [5.74, 6) is -1.91. The number of ketones is 1. The van der Waals surface area contributed by atoms with E-state index in [-0.39, 0.29) is 29.2 Å². The summed E-state index contributed by atoms with van der Waals surface area (Å²) in [4.78, 5) is 45.3. The average Bonchev–Trinajstić information content (AvgIpc) is 3.36. The van der Waals surface area contributed by atoms with Crippen LogP contribution in [0.15, 0.2) is 48.9 Å². The van der Waals surface area contributed by atoms with Crippen molar-refractivity contribution in [2.45, 2.75) is 52.5 Å². The van der Waals surface area contributed by atoms with Crippen molar-refractivity contribution in [3.8, 4) is 0 Å². The average molecular weight is 496 g/mol. The van der Waals surface area contributed by atoms with E-state index < -0.39 is 17.5 Å². The number of anilines is 1. The van der Waals surface area contributed by atoms with E-state index >= 15 is 0 Å². The number of nitrogens with two attached hydrogens (primary N) is 1. The minimum Gasteiger partial charge on any atom is -0.403 e. The number of carbonyl (C=O) groups excluding carboxylic acids is 3. The standard InChI is InChI=1S/C27H34FN5O3/c1-4-22(28)24-21(17-31-25(24)18(3)30-14-13-29)26(35)27(36)32-15-11-20(12-16-32)33(23(34)5-2)19-9-7-6-8-10-19/h6-10,13-14,17,20,30-31H,4-5,11-12,15-16,29H2,1-3H3/b14-13-,24-22+,25-18-. The highest BCUT2D eigenvalue weighted by molar-refractivity contribution is 6.42. The van der Waals surface area contributed by atoms with Crippen molar-refractivity contribution in [1.82, 2.24) is 15.2 Å². The van der Waals surface area contributed by atoms with Crippen molar-refractivity contribution >= 4 is 34.8 Å². The zero-order valence-corrected chi connectivity index (χ0v) is 21.0. The molecule has 0 saturated carbocycles. The number of likely N-dealkylation sites (tertiary alicyclic amines) is 1. The molecule has 2 aromatic rings. The molecule has 0 spiro atoms. The third-order valence-corrected chi connectivity index (χ3v) is 6.39. The SMILES string of the molecule is CCC(=O)N(c1ccccc1)C1CCN(C(=O)C(=O)c2c[nH]c(=C(/C)N/C=C\N)/c2=C(/F)CC)CC1. The van der Waals surface area contributed by atoms with E-state index in [0.717, 1.165) is 5.69 Å². The second-order valence-corrected chi connectivity index (χ2v) is 8.64. The van der Waals surface area contributed by atoms with Crippen LogP contribution in [-0.2, 0) is 9.59 Å². The van der Waals surface area contributed by atoms with Gasteiger partial charge in [-0.3, -0.25) is 14.4 Å². The van der Waals surface area contributed by atoms with Crippen molar-refractivity contribution in [2.75, 3.05) is 18.0 Å². The molecule has 1 aliphatic rings. The first kappa shape index (κ1) is 26.7. The molecule has 2 heterocycles. The van der Waals surface area contributed by atoms with Gasteiger partial charge in [0.2, 0.25) is 5.91 Å². The molecule has 3 rings (SSSR count). The van der Waals surface area contributed by atoms with Gasteiger partial charge in [0.1, 0.15) is 5.83 Å². The molecular weight excluding hydrogens is 461 g/mol. The Morgan fingerprint density at radius 3 is 2.42 bits per heavy atom. The van der Waals surface area contributed by atoms with E-state index in [0.29, 0.717) is 43.4 Å². The lowest BCUT2D eigenvalue weighted by Crippen LogP contribution is -2.50. The van der Waals surface area contributed by atoms with Gasteiger partial charge >= 0.3 is 0 Å². The van der Waals surface area contributed by atoms with E-state index in [9.17, 15) is 18.8 Å². The van der Waals surface area contributed by atoms with E-state index in [1.54, 1.807) is 18.7 Å². The number of piperidine rings is 1. The van der Waals surface area contributed by atoms with Crippen molar-refractivity contribution < 1.29 is 18.8 Å². The highest BCUT2D eigenvalue weighted by Gasteiger charge is 2.33. The number of aromatic amines is 1. The Bertz CT molecular complexity index is 1240. The van der Waals surface area contributed by atoms with Crippen LogP contribution in [0.3, 0.4) is 0 Å². The van der Waals surface area contributed by atoms with Crippen molar-refractivity contribution in [3.05, 3.63) is 65.1 Å². The van der Waals surface area contributed by atoms with E-state index in [1.165, 1.54) is 23.5 Å². The monoisotopic (exact) mass is 495 g/mol. The molecule has 1 saturated heterocycles. The van der Waals surface area contributed by atoms with Crippen LogP contribution in [0.5, 0.6) is 0 Å². The summed E-state index contributed by atoms with van der Waals surface area (Å²) in [5.41, 5.74) is 6.75. The molecule has 4 N–H and O–H groups in total. The van der Waals surface area contributed by atoms with Crippen molar-refractivity contribution in [3.63, 3.8) is 0 Å². The van der Waals surface area contributed by atoms with Gasteiger partial charge in [0.15, 0.2) is 0 Å². The number of hydrogen-bond donors (Lipinski definition) is 3. The second-order valence-electron chi connectivity index (χ2n) is 8.64. The Hall–Kier alpha value is -3.88. The maximum Gasteiger partial charge on any atom is 0.295 e. The number of carbonyl (C=O) groups is 3. The molecule has 192 valence electrons. The Morgan fingerprint density at radius 1 is 1.17 bits per heavy atom. The molecule has 0 radical (unpaired) electrons. The highest BCUT2D eigenvalue weighted by Crippen LogP contribution is 2.25. The van der Waals surface area contributed by atoms with Gasteiger partial charge in [-0.05, 0) is 38.3 Å². The van der Waals surface area contributed by atoms with Crippen LogP contribution in [0.2, 0.25) is 0 Å². The maximum absolute atomic E-state index is 14.9. The number of para-hydroxylation sites is 1. The number of aromatic nitrogens is 1. The van der Waals surface area contributed by atoms with Crippen molar-refractivity contribution in [2.24, 2.45) is 5.73 Å². The fourth-order valence-corrected chi connectivity index (χ4v) is 4.51. The van der Waals surface area contributed by atoms with Gasteiger partial charge in [0.05, 0.1) is 10.9 Å². The molecule has 2 amide bonds. The van der Waals surface area contributed by atoms with Crippen molar-refractivity contribution in [1.29, 1.82) is 0 Å². The lowest BCUT2D eigenvalue weighted by molar-refractivity contribution is -0.127. The summed E-state index contributed by atoms with van der Waals surface area (Å²) in [6.07, 6.45) is 5.70. The molecule has 0 bridgehead atoms. The van der Waals surface area contributed by atoms with Crippen LogP contribution < -0.4 is 26.5 Å². The predicted octanol–water partition coefficient (Wildman–Crippen LogP) is 2.27. The number of rotatable bonds is 8. The molecule has 0 aliphatic carbocycles. The van der Waals surface area contributed by atoms with Crippen LogP contribution >= 0.6 is 0 Å². The summed E-state index contributed by atoms with van der Waals surface area (Å²) in [5, 5.41) is 3.39. The molecule has 0 unspecified atom stereocenters. The lowest BCUT2D eigenvalue weighted by Gasteiger charge is -2.38. The summed E-state index contributed by atoms with van der Waals surface area (Å²) < 4.78 is 14.9. The smallest absolute Gasteiger partial charge is 0.295 e. The van der Waals surface area contributed by atoms with Gasteiger partial charge < -0.3 is 25.8 Å². The fraction of sp³-hybridized carbons (Fsp3) is 0.370. The van der Waals surface area contributed by atoms with E-state index in [2.05, 4.69) is 10.3 Å². The zero-order chi connectivity index (χ0) is 26.2. The van der Waals surface area contributed by atoms with Gasteiger partial charge in [-0.1, -0.05) is 32.0 Å². The van der Waals surface area contributed by atoms with E-state index in [4.69, 9.17) is 5.73 Å². The first-order valence-corrected chi connectivity index (χ1v) is 12.2. The van der Waals surface area contributed by atoms with Gasteiger partial charge in [0, 0.05) is 60.8 Å². The third kappa shape index (κ3) is 5.67. The van der Waals surface area contributed by atoms with Crippen LogP contribution in [0.1, 0.15) is 56.8 Å². The molecule has 0 atom stereocenters. The van der Waals surface area contributed by atoms with Crippen LogP contribution in [0.25, 0.3) is 11.5 Å². The number of benzene rings is 1. The van der Waals surface area contributed by atoms with Gasteiger partial charge in [0.25, 0.3) is 11.7 Å². The largest absolute Gasteiger partial charge is 0.403 e. The summed E-state index contributed by atoms with van der Waals surface area (Å²) in [6.45, 7) is 5.85. The molecule has 9 heteroatoms. The van der Waals surface area contributed by atoms with Gasteiger partial charge in [-0.25, -0.2) is 4.39 Å². The summed E-state index contributed by atoms with van der Waals surface area (Å²) in [7, 11) is 0. The third-order valence-electron chi connectivity index (χ3n) is 6.39.